The van der Waals surface area contributed by atoms with Crippen molar-refractivity contribution < 1.29 is 9.84 Å². The Balaban J connectivity index is 1.87. The molecule has 0 radical (unpaired) electrons. The van der Waals surface area contributed by atoms with Gasteiger partial charge in [0, 0.05) is 45.0 Å². The highest BCUT2D eigenvalue weighted by Gasteiger charge is 2.29. The van der Waals surface area contributed by atoms with Gasteiger partial charge in [-0.05, 0) is 12.1 Å². The zero-order valence-electron chi connectivity index (χ0n) is 8.65. The molecular formula is C11H16N2O2. The zero-order valence-corrected chi connectivity index (χ0v) is 8.65. The molecule has 0 bridgehead atoms. The van der Waals surface area contributed by atoms with E-state index in [2.05, 4.69) is 10.3 Å². The van der Waals surface area contributed by atoms with E-state index in [1.165, 1.54) is 0 Å². The molecular weight excluding hydrogens is 192 g/mol. The number of hydrogen-bond donors (Lipinski definition) is 2. The minimum absolute atomic E-state index is 0.558. The van der Waals surface area contributed by atoms with Crippen molar-refractivity contribution in [3.8, 4) is 0 Å². The van der Waals surface area contributed by atoms with Crippen molar-refractivity contribution in [2.45, 2.75) is 18.4 Å². The first-order valence-electron chi connectivity index (χ1n) is 5.23. The van der Waals surface area contributed by atoms with Gasteiger partial charge >= 0.3 is 0 Å². The van der Waals surface area contributed by atoms with Gasteiger partial charge in [-0.2, -0.15) is 0 Å². The summed E-state index contributed by atoms with van der Waals surface area (Å²) >= 11 is 0. The smallest absolute Gasteiger partial charge is 0.0863 e. The Morgan fingerprint density at radius 3 is 2.93 bits per heavy atom. The quantitative estimate of drug-likeness (QED) is 0.779. The molecule has 4 nitrogen and oxygen atoms in total. The van der Waals surface area contributed by atoms with Gasteiger partial charge in [0.1, 0.15) is 0 Å². The van der Waals surface area contributed by atoms with Crippen molar-refractivity contribution >= 4 is 5.69 Å². The van der Waals surface area contributed by atoms with E-state index in [4.69, 9.17) is 4.74 Å². The van der Waals surface area contributed by atoms with Crippen LogP contribution in [0.1, 0.15) is 12.8 Å². The number of aliphatic hydroxyl groups is 1. The molecule has 1 aliphatic heterocycles. The lowest BCUT2D eigenvalue weighted by Gasteiger charge is -2.32. The van der Waals surface area contributed by atoms with Gasteiger partial charge in [-0.15, -0.1) is 0 Å². The standard InChI is InChI=1S/C11H16N2O2/c14-11(3-6-15-7-4-11)9-13-10-2-1-5-12-8-10/h1-2,5,8,13-14H,3-4,6-7,9H2. The van der Waals surface area contributed by atoms with Crippen molar-refractivity contribution in [2.24, 2.45) is 0 Å². The van der Waals surface area contributed by atoms with Gasteiger partial charge in [-0.3, -0.25) is 4.98 Å². The van der Waals surface area contributed by atoms with Crippen LogP contribution in [0.3, 0.4) is 0 Å². The van der Waals surface area contributed by atoms with E-state index in [9.17, 15) is 5.11 Å². The molecule has 82 valence electrons. The fraction of sp³-hybridized carbons (Fsp3) is 0.545. The Kier molecular flexibility index (Phi) is 3.18. The van der Waals surface area contributed by atoms with Gasteiger partial charge in [0.15, 0.2) is 0 Å². The number of hydrogen-bond acceptors (Lipinski definition) is 4. The summed E-state index contributed by atoms with van der Waals surface area (Å²) in [7, 11) is 0. The van der Waals surface area contributed by atoms with Crippen LogP contribution in [0.4, 0.5) is 5.69 Å². The summed E-state index contributed by atoms with van der Waals surface area (Å²) in [6, 6.07) is 3.81. The van der Waals surface area contributed by atoms with Gasteiger partial charge < -0.3 is 15.2 Å². The molecule has 1 aromatic heterocycles. The lowest BCUT2D eigenvalue weighted by Crippen LogP contribution is -2.42. The van der Waals surface area contributed by atoms with E-state index in [1.807, 2.05) is 12.1 Å². The van der Waals surface area contributed by atoms with Gasteiger partial charge in [-0.25, -0.2) is 0 Å². The summed E-state index contributed by atoms with van der Waals surface area (Å²) in [6.07, 6.45) is 4.87. The van der Waals surface area contributed by atoms with E-state index >= 15 is 0 Å². The number of anilines is 1. The largest absolute Gasteiger partial charge is 0.388 e. The number of nitrogens with one attached hydrogen (secondary N) is 1. The second-order valence-corrected chi connectivity index (χ2v) is 3.93. The highest BCUT2D eigenvalue weighted by Crippen LogP contribution is 2.20. The molecule has 2 N–H and O–H groups in total. The highest BCUT2D eigenvalue weighted by molar-refractivity contribution is 5.40. The Hall–Kier alpha value is -1.13. The van der Waals surface area contributed by atoms with Crippen LogP contribution >= 0.6 is 0 Å². The predicted molar refractivity (Wildman–Crippen MR) is 57.7 cm³/mol. The molecule has 1 aliphatic rings. The molecule has 1 aromatic rings. The SMILES string of the molecule is OC1(CNc2cccnc2)CCOCC1. The van der Waals surface area contributed by atoms with Crippen molar-refractivity contribution in [3.63, 3.8) is 0 Å². The molecule has 2 heterocycles. The second-order valence-electron chi connectivity index (χ2n) is 3.93. The van der Waals surface area contributed by atoms with Crippen LogP contribution in [-0.4, -0.2) is 35.5 Å². The van der Waals surface area contributed by atoms with Crippen molar-refractivity contribution in [1.82, 2.24) is 4.98 Å². The third-order valence-electron chi connectivity index (χ3n) is 2.71. The van der Waals surface area contributed by atoms with Crippen LogP contribution < -0.4 is 5.32 Å². The van der Waals surface area contributed by atoms with Crippen molar-refractivity contribution in [2.75, 3.05) is 25.1 Å². The number of ether oxygens (including phenoxy) is 1. The minimum atomic E-state index is -0.631. The van der Waals surface area contributed by atoms with Crippen LogP contribution in [0, 0.1) is 0 Å². The number of aromatic nitrogens is 1. The van der Waals surface area contributed by atoms with Gasteiger partial charge in [0.25, 0.3) is 0 Å². The van der Waals surface area contributed by atoms with E-state index in [0.29, 0.717) is 32.6 Å². The summed E-state index contributed by atoms with van der Waals surface area (Å²) in [5.74, 6) is 0. The van der Waals surface area contributed by atoms with Gasteiger partial charge in [0.2, 0.25) is 0 Å². The maximum absolute atomic E-state index is 10.2. The monoisotopic (exact) mass is 208 g/mol. The lowest BCUT2D eigenvalue weighted by molar-refractivity contribution is -0.0543. The molecule has 4 heteroatoms. The fourth-order valence-electron chi connectivity index (χ4n) is 1.66. The first-order chi connectivity index (χ1) is 7.29. The molecule has 0 spiro atoms. The fourth-order valence-corrected chi connectivity index (χ4v) is 1.66. The average Bonchev–Trinajstić information content (AvgIpc) is 2.29. The van der Waals surface area contributed by atoms with Gasteiger partial charge in [-0.1, -0.05) is 0 Å². The Morgan fingerprint density at radius 1 is 1.47 bits per heavy atom. The molecule has 0 saturated carbocycles. The van der Waals surface area contributed by atoms with Crippen LogP contribution in [0.2, 0.25) is 0 Å². The summed E-state index contributed by atoms with van der Waals surface area (Å²) < 4.78 is 5.22. The summed E-state index contributed by atoms with van der Waals surface area (Å²) in [4.78, 5) is 4.00. The summed E-state index contributed by atoms with van der Waals surface area (Å²) in [5.41, 5.74) is 0.311. The molecule has 0 atom stereocenters. The van der Waals surface area contributed by atoms with Crippen molar-refractivity contribution in [3.05, 3.63) is 24.5 Å². The van der Waals surface area contributed by atoms with E-state index in [1.54, 1.807) is 12.4 Å². The normalized spacial score (nSPS) is 19.8. The van der Waals surface area contributed by atoms with Crippen LogP contribution in [0.15, 0.2) is 24.5 Å². The summed E-state index contributed by atoms with van der Waals surface area (Å²) in [6.45, 7) is 1.85. The maximum Gasteiger partial charge on any atom is 0.0863 e. The van der Waals surface area contributed by atoms with E-state index in [0.717, 1.165) is 5.69 Å². The van der Waals surface area contributed by atoms with E-state index < -0.39 is 5.60 Å². The van der Waals surface area contributed by atoms with Crippen molar-refractivity contribution in [1.29, 1.82) is 0 Å². The molecule has 15 heavy (non-hydrogen) atoms. The third kappa shape index (κ3) is 2.91. The third-order valence-corrected chi connectivity index (χ3v) is 2.71. The minimum Gasteiger partial charge on any atom is -0.388 e. The molecule has 0 aromatic carbocycles. The Bertz CT molecular complexity index is 297. The average molecular weight is 208 g/mol. The molecule has 2 rings (SSSR count). The molecule has 0 amide bonds. The number of nitrogens with zero attached hydrogens (tertiary/aromatic N) is 1. The van der Waals surface area contributed by atoms with Crippen LogP contribution in [-0.2, 0) is 4.74 Å². The first-order valence-corrected chi connectivity index (χ1v) is 5.23. The topological polar surface area (TPSA) is 54.4 Å². The molecule has 1 saturated heterocycles. The van der Waals surface area contributed by atoms with E-state index in [-0.39, 0.29) is 0 Å². The summed E-state index contributed by atoms with van der Waals surface area (Å²) in [5, 5.41) is 13.4. The Labute approximate surface area is 89.3 Å². The first kappa shape index (κ1) is 10.4. The Morgan fingerprint density at radius 2 is 2.27 bits per heavy atom. The van der Waals surface area contributed by atoms with Gasteiger partial charge in [0.05, 0.1) is 11.3 Å². The highest BCUT2D eigenvalue weighted by atomic mass is 16.5. The molecule has 0 unspecified atom stereocenters. The number of rotatable bonds is 3. The number of pyridine rings is 1. The zero-order chi connectivity index (χ0) is 10.6. The lowest BCUT2D eigenvalue weighted by atomic mass is 9.94. The maximum atomic E-state index is 10.2. The molecule has 0 aliphatic carbocycles. The predicted octanol–water partition coefficient (Wildman–Crippen LogP) is 1.04. The van der Waals surface area contributed by atoms with Crippen LogP contribution in [0.25, 0.3) is 0 Å². The second kappa shape index (κ2) is 4.59. The van der Waals surface area contributed by atoms with Crippen LogP contribution in [0.5, 0.6) is 0 Å². The molecule has 1 fully saturated rings.